The van der Waals surface area contributed by atoms with Crippen molar-refractivity contribution in [3.63, 3.8) is 0 Å². The molecule has 2 aromatic carbocycles. The second kappa shape index (κ2) is 6.24. The Labute approximate surface area is 120 Å². The molecule has 3 nitrogen and oxygen atoms in total. The quantitative estimate of drug-likeness (QED) is 0.672. The summed E-state index contributed by atoms with van der Waals surface area (Å²) in [7, 11) is 4.07. The van der Waals surface area contributed by atoms with Crippen molar-refractivity contribution in [2.24, 2.45) is 5.10 Å². The molecule has 0 saturated heterocycles. The largest absolute Gasteiger partial charge is 0.378 e. The van der Waals surface area contributed by atoms with Gasteiger partial charge in [0, 0.05) is 19.8 Å². The number of nitrogens with one attached hydrogen (secondary N) is 1. The Hall–Kier alpha value is -2.29. The Kier molecular flexibility index (Phi) is 4.41. The summed E-state index contributed by atoms with van der Waals surface area (Å²) in [4.78, 5) is 2.09. The van der Waals surface area contributed by atoms with Crippen molar-refractivity contribution in [1.82, 2.24) is 0 Å². The Balaban J connectivity index is 2.12. The summed E-state index contributed by atoms with van der Waals surface area (Å²) in [6.45, 7) is 4.08. The second-order valence-electron chi connectivity index (χ2n) is 5.07. The molecule has 0 amide bonds. The van der Waals surface area contributed by atoms with Crippen LogP contribution in [0.15, 0.2) is 53.6 Å². The predicted molar refractivity (Wildman–Crippen MR) is 87.8 cm³/mol. The highest BCUT2D eigenvalue weighted by atomic mass is 15.3. The number of hydrazone groups is 1. The minimum atomic E-state index is 0.971. The molecule has 0 spiro atoms. The molecule has 0 unspecified atom stereocenters. The van der Waals surface area contributed by atoms with Crippen LogP contribution in [0.5, 0.6) is 0 Å². The van der Waals surface area contributed by atoms with Gasteiger partial charge in [-0.25, -0.2) is 0 Å². The van der Waals surface area contributed by atoms with Gasteiger partial charge in [0.1, 0.15) is 0 Å². The van der Waals surface area contributed by atoms with Crippen molar-refractivity contribution < 1.29 is 0 Å². The molecule has 0 bridgehead atoms. The van der Waals surface area contributed by atoms with Gasteiger partial charge in [0.15, 0.2) is 0 Å². The first kappa shape index (κ1) is 14.1. The molecule has 1 N–H and O–H groups in total. The van der Waals surface area contributed by atoms with Gasteiger partial charge in [-0.2, -0.15) is 5.10 Å². The van der Waals surface area contributed by atoms with Crippen molar-refractivity contribution in [2.75, 3.05) is 24.4 Å². The smallest absolute Gasteiger partial charge is 0.0648 e. The van der Waals surface area contributed by atoms with Crippen LogP contribution in [0, 0.1) is 6.92 Å². The molecular weight excluding hydrogens is 246 g/mol. The number of nitrogens with zero attached hydrogens (tertiary/aromatic N) is 2. The highest BCUT2D eigenvalue weighted by molar-refractivity contribution is 5.99. The topological polar surface area (TPSA) is 27.6 Å². The molecular formula is C17H21N3. The Morgan fingerprint density at radius 3 is 2.25 bits per heavy atom. The van der Waals surface area contributed by atoms with E-state index in [2.05, 4.69) is 52.7 Å². The van der Waals surface area contributed by atoms with Crippen molar-refractivity contribution >= 4 is 17.1 Å². The van der Waals surface area contributed by atoms with Crippen molar-refractivity contribution in [3.05, 3.63) is 59.7 Å². The van der Waals surface area contributed by atoms with Gasteiger partial charge in [-0.15, -0.1) is 0 Å². The first-order valence-corrected chi connectivity index (χ1v) is 6.71. The molecule has 0 atom stereocenters. The van der Waals surface area contributed by atoms with Crippen LogP contribution in [0.25, 0.3) is 0 Å². The van der Waals surface area contributed by atoms with Crippen LogP contribution in [0.4, 0.5) is 11.4 Å². The van der Waals surface area contributed by atoms with Crippen LogP contribution in [-0.2, 0) is 0 Å². The van der Waals surface area contributed by atoms with E-state index < -0.39 is 0 Å². The summed E-state index contributed by atoms with van der Waals surface area (Å²) in [5.41, 5.74) is 8.63. The van der Waals surface area contributed by atoms with Crippen LogP contribution in [0.1, 0.15) is 18.1 Å². The molecule has 2 rings (SSSR count). The molecule has 0 radical (unpaired) electrons. The first-order valence-electron chi connectivity index (χ1n) is 6.71. The van der Waals surface area contributed by atoms with E-state index in [4.69, 9.17) is 0 Å². The van der Waals surface area contributed by atoms with E-state index in [9.17, 15) is 0 Å². The third kappa shape index (κ3) is 3.38. The Bertz CT molecular complexity index is 598. The van der Waals surface area contributed by atoms with Gasteiger partial charge in [-0.3, -0.25) is 5.43 Å². The normalized spacial score (nSPS) is 11.3. The maximum absolute atomic E-state index is 4.45. The van der Waals surface area contributed by atoms with Gasteiger partial charge in [0.05, 0.1) is 11.4 Å². The standard InChI is InChI=1S/C17H21N3/c1-13-7-5-6-8-17(13)19-18-14(2)15-9-11-16(12-10-15)20(3)4/h5-12,19H,1-4H3/b18-14-. The average molecular weight is 267 g/mol. The van der Waals surface area contributed by atoms with E-state index in [1.54, 1.807) is 0 Å². The Morgan fingerprint density at radius 2 is 1.65 bits per heavy atom. The van der Waals surface area contributed by atoms with Gasteiger partial charge >= 0.3 is 0 Å². The molecule has 0 aliphatic carbocycles. The zero-order valence-electron chi connectivity index (χ0n) is 12.5. The number of para-hydroxylation sites is 1. The van der Waals surface area contributed by atoms with Gasteiger partial charge in [0.25, 0.3) is 0 Å². The number of aryl methyl sites for hydroxylation is 1. The molecule has 0 aromatic heterocycles. The van der Waals surface area contributed by atoms with Crippen LogP contribution in [-0.4, -0.2) is 19.8 Å². The van der Waals surface area contributed by atoms with E-state index in [1.807, 2.05) is 39.2 Å². The molecule has 0 saturated carbocycles. The lowest BCUT2D eigenvalue weighted by Crippen LogP contribution is -2.08. The SMILES string of the molecule is C/C(=N/Nc1ccccc1C)c1ccc(N(C)C)cc1. The summed E-state index contributed by atoms with van der Waals surface area (Å²) < 4.78 is 0. The number of anilines is 2. The molecule has 20 heavy (non-hydrogen) atoms. The fourth-order valence-corrected chi connectivity index (χ4v) is 1.91. The highest BCUT2D eigenvalue weighted by Gasteiger charge is 2.00. The lowest BCUT2D eigenvalue weighted by atomic mass is 10.1. The third-order valence-electron chi connectivity index (χ3n) is 3.29. The van der Waals surface area contributed by atoms with Crippen molar-refractivity contribution in [2.45, 2.75) is 13.8 Å². The molecule has 3 heteroatoms. The monoisotopic (exact) mass is 267 g/mol. The minimum Gasteiger partial charge on any atom is -0.378 e. The number of hydrogen-bond donors (Lipinski definition) is 1. The zero-order chi connectivity index (χ0) is 14.5. The molecule has 0 fully saturated rings. The first-order chi connectivity index (χ1) is 9.58. The summed E-state index contributed by atoms with van der Waals surface area (Å²) in [5, 5.41) is 4.45. The summed E-state index contributed by atoms with van der Waals surface area (Å²) >= 11 is 0. The second-order valence-corrected chi connectivity index (χ2v) is 5.07. The van der Waals surface area contributed by atoms with Gasteiger partial charge in [-0.05, 0) is 43.2 Å². The number of hydrogen-bond acceptors (Lipinski definition) is 3. The molecule has 0 heterocycles. The van der Waals surface area contributed by atoms with E-state index in [-0.39, 0.29) is 0 Å². The predicted octanol–water partition coefficient (Wildman–Crippen LogP) is 3.90. The average Bonchev–Trinajstić information content (AvgIpc) is 2.46. The van der Waals surface area contributed by atoms with Crippen LogP contribution < -0.4 is 10.3 Å². The van der Waals surface area contributed by atoms with E-state index in [1.165, 1.54) is 11.3 Å². The van der Waals surface area contributed by atoms with Crippen molar-refractivity contribution in [1.29, 1.82) is 0 Å². The summed E-state index contributed by atoms with van der Waals surface area (Å²) in [6, 6.07) is 16.5. The highest BCUT2D eigenvalue weighted by Crippen LogP contribution is 2.15. The Morgan fingerprint density at radius 1 is 1.00 bits per heavy atom. The molecule has 104 valence electrons. The molecule has 2 aromatic rings. The molecule has 0 aliphatic heterocycles. The van der Waals surface area contributed by atoms with Gasteiger partial charge in [-0.1, -0.05) is 30.3 Å². The van der Waals surface area contributed by atoms with E-state index in [0.29, 0.717) is 0 Å². The number of rotatable bonds is 4. The lowest BCUT2D eigenvalue weighted by molar-refractivity contribution is 1.13. The maximum atomic E-state index is 4.45. The molecule has 0 aliphatic rings. The van der Waals surface area contributed by atoms with Crippen LogP contribution in [0.3, 0.4) is 0 Å². The van der Waals surface area contributed by atoms with E-state index >= 15 is 0 Å². The van der Waals surface area contributed by atoms with Crippen molar-refractivity contribution in [3.8, 4) is 0 Å². The minimum absolute atomic E-state index is 0.971. The lowest BCUT2D eigenvalue weighted by Gasteiger charge is -2.12. The maximum Gasteiger partial charge on any atom is 0.0648 e. The van der Waals surface area contributed by atoms with Crippen LogP contribution in [0.2, 0.25) is 0 Å². The fraction of sp³-hybridized carbons (Fsp3) is 0.235. The summed E-state index contributed by atoms with van der Waals surface area (Å²) in [5.74, 6) is 0. The van der Waals surface area contributed by atoms with Crippen LogP contribution >= 0.6 is 0 Å². The third-order valence-corrected chi connectivity index (χ3v) is 3.29. The van der Waals surface area contributed by atoms with E-state index in [0.717, 1.165) is 17.0 Å². The van der Waals surface area contributed by atoms with Gasteiger partial charge < -0.3 is 4.90 Å². The fourth-order valence-electron chi connectivity index (χ4n) is 1.91. The number of benzene rings is 2. The van der Waals surface area contributed by atoms with Gasteiger partial charge in [0.2, 0.25) is 0 Å². The zero-order valence-corrected chi connectivity index (χ0v) is 12.5. The summed E-state index contributed by atoms with van der Waals surface area (Å²) in [6.07, 6.45) is 0.